The number of carbonyl (C=O) groups is 4. The average molecular weight is 286 g/mol. The first kappa shape index (κ1) is 13.9. The molecule has 0 aromatic heterocycles. The van der Waals surface area contributed by atoms with Crippen LogP contribution in [0.4, 0.5) is 9.59 Å². The van der Waals surface area contributed by atoms with Gasteiger partial charge in [0, 0.05) is 13.1 Å². The lowest BCUT2D eigenvalue weighted by Gasteiger charge is -2.26. The Morgan fingerprint density at radius 1 is 0.850 bits per heavy atom. The van der Waals surface area contributed by atoms with E-state index in [0.717, 1.165) is 10.1 Å². The Hall–Kier alpha value is -2.52. The van der Waals surface area contributed by atoms with E-state index < -0.39 is 24.0 Å². The maximum Gasteiger partial charge on any atom is 0.444 e. The molecule has 0 spiro atoms. The van der Waals surface area contributed by atoms with E-state index in [4.69, 9.17) is 0 Å². The molecule has 2 aliphatic rings. The molecule has 2 heterocycles. The van der Waals surface area contributed by atoms with E-state index in [-0.39, 0.29) is 13.1 Å². The topological polar surface area (TPSA) is 117 Å². The maximum absolute atomic E-state index is 11.5. The van der Waals surface area contributed by atoms with Crippen molar-refractivity contribution in [2.24, 2.45) is 0 Å². The summed E-state index contributed by atoms with van der Waals surface area (Å²) in [5.41, 5.74) is 0. The molecule has 0 aliphatic carbocycles. The zero-order valence-corrected chi connectivity index (χ0v) is 10.6. The molecule has 0 atom stereocenters. The number of nitrogens with zero attached hydrogens (tertiary/aromatic N) is 2. The van der Waals surface area contributed by atoms with Gasteiger partial charge in [0.2, 0.25) is 0 Å². The van der Waals surface area contributed by atoms with Crippen molar-refractivity contribution in [1.29, 1.82) is 0 Å². The van der Waals surface area contributed by atoms with Crippen LogP contribution >= 0.6 is 0 Å². The normalized spacial score (nSPS) is 19.0. The fourth-order valence-corrected chi connectivity index (χ4v) is 1.66. The molecule has 2 aliphatic heterocycles. The lowest BCUT2D eigenvalue weighted by molar-refractivity contribution is -0.205. The van der Waals surface area contributed by atoms with Crippen LogP contribution in [0.1, 0.15) is 12.8 Å². The second kappa shape index (κ2) is 6.08. The number of hydrogen-bond acceptors (Lipinski definition) is 6. The summed E-state index contributed by atoms with van der Waals surface area (Å²) in [7, 11) is 0. The van der Waals surface area contributed by atoms with Crippen LogP contribution in [0.2, 0.25) is 0 Å². The number of nitrogens with one attached hydrogen (secondary N) is 2. The van der Waals surface area contributed by atoms with Crippen LogP contribution < -0.4 is 10.6 Å². The van der Waals surface area contributed by atoms with Gasteiger partial charge >= 0.3 is 24.0 Å². The Balaban J connectivity index is 1.83. The molecule has 2 N–H and O–H groups in total. The predicted molar refractivity (Wildman–Crippen MR) is 61.6 cm³/mol. The minimum atomic E-state index is -1.36. The molecule has 0 aromatic rings. The number of hydrogen-bond donors (Lipinski definition) is 2. The Morgan fingerprint density at radius 3 is 1.60 bits per heavy atom. The molecule has 0 radical (unpaired) electrons. The molecule has 110 valence electrons. The van der Waals surface area contributed by atoms with E-state index >= 15 is 0 Å². The van der Waals surface area contributed by atoms with Crippen molar-refractivity contribution in [1.82, 2.24) is 20.8 Å². The van der Waals surface area contributed by atoms with Crippen LogP contribution in [-0.4, -0.2) is 60.3 Å². The van der Waals surface area contributed by atoms with Gasteiger partial charge in [-0.05, 0) is 12.8 Å². The van der Waals surface area contributed by atoms with E-state index in [1.165, 1.54) is 0 Å². The van der Waals surface area contributed by atoms with Gasteiger partial charge in [-0.1, -0.05) is 0 Å². The van der Waals surface area contributed by atoms with Gasteiger partial charge < -0.3 is 20.3 Å². The predicted octanol–water partition coefficient (Wildman–Crippen LogP) is -1.27. The van der Waals surface area contributed by atoms with E-state index in [1.54, 1.807) is 0 Å². The van der Waals surface area contributed by atoms with E-state index in [9.17, 15) is 19.2 Å². The van der Waals surface area contributed by atoms with Crippen molar-refractivity contribution in [2.45, 2.75) is 12.8 Å². The van der Waals surface area contributed by atoms with Crippen molar-refractivity contribution >= 4 is 24.0 Å². The zero-order valence-electron chi connectivity index (χ0n) is 10.6. The highest BCUT2D eigenvalue weighted by Crippen LogP contribution is 2.04. The number of rotatable bonds is 2. The minimum Gasteiger partial charge on any atom is -0.335 e. The Labute approximate surface area is 113 Å². The summed E-state index contributed by atoms with van der Waals surface area (Å²) in [6.45, 7) is 1.33. The summed E-state index contributed by atoms with van der Waals surface area (Å²) in [6.07, 6.45) is 1.17. The van der Waals surface area contributed by atoms with Gasteiger partial charge in [0.1, 0.15) is 0 Å². The van der Waals surface area contributed by atoms with Crippen LogP contribution in [0.25, 0.3) is 0 Å². The number of hydroxylamine groups is 4. The fraction of sp³-hybridized carbons (Fsp3) is 0.600. The van der Waals surface area contributed by atoms with Gasteiger partial charge in [0.15, 0.2) is 0 Å². The zero-order chi connectivity index (χ0) is 14.5. The number of carbonyl (C=O) groups excluding carboxylic acids is 4. The van der Waals surface area contributed by atoms with Crippen LogP contribution in [-0.2, 0) is 19.3 Å². The van der Waals surface area contributed by atoms with Crippen molar-refractivity contribution in [3.63, 3.8) is 0 Å². The van der Waals surface area contributed by atoms with Gasteiger partial charge in [-0.15, -0.1) is 0 Å². The molecule has 10 heteroatoms. The first-order valence-corrected chi connectivity index (χ1v) is 6.13. The Kier molecular flexibility index (Phi) is 4.23. The summed E-state index contributed by atoms with van der Waals surface area (Å²) in [5, 5.41) is 6.37. The second-order valence-corrected chi connectivity index (χ2v) is 4.13. The first-order chi connectivity index (χ1) is 9.58. The second-order valence-electron chi connectivity index (χ2n) is 4.13. The molecule has 4 amide bonds. The van der Waals surface area contributed by atoms with Gasteiger partial charge in [-0.2, -0.15) is 10.1 Å². The number of urea groups is 2. The SMILES string of the molecule is O=C(ON1CCCNC1=O)C(=O)ON1CCCNC1=O. The molecule has 2 saturated heterocycles. The molecular formula is C10H14N4O6. The Morgan fingerprint density at radius 2 is 1.25 bits per heavy atom. The summed E-state index contributed by atoms with van der Waals surface area (Å²) in [4.78, 5) is 54.7. The van der Waals surface area contributed by atoms with Crippen LogP contribution in [0, 0.1) is 0 Å². The molecule has 0 aromatic carbocycles. The smallest absolute Gasteiger partial charge is 0.335 e. The average Bonchev–Trinajstić information content (AvgIpc) is 2.43. The maximum atomic E-state index is 11.5. The molecule has 0 bridgehead atoms. The lowest BCUT2D eigenvalue weighted by atomic mass is 10.4. The third-order valence-corrected chi connectivity index (χ3v) is 2.63. The largest absolute Gasteiger partial charge is 0.444 e. The van der Waals surface area contributed by atoms with Crippen molar-refractivity contribution in [3.8, 4) is 0 Å². The molecule has 2 fully saturated rings. The van der Waals surface area contributed by atoms with Crippen LogP contribution in [0.15, 0.2) is 0 Å². The monoisotopic (exact) mass is 286 g/mol. The summed E-state index contributed by atoms with van der Waals surface area (Å²) in [5.74, 6) is -2.72. The minimum absolute atomic E-state index is 0.190. The summed E-state index contributed by atoms with van der Waals surface area (Å²) in [6, 6.07) is -1.21. The first-order valence-electron chi connectivity index (χ1n) is 6.13. The van der Waals surface area contributed by atoms with E-state index in [2.05, 4.69) is 20.3 Å². The fourth-order valence-electron chi connectivity index (χ4n) is 1.66. The van der Waals surface area contributed by atoms with Crippen molar-refractivity contribution < 1.29 is 28.9 Å². The van der Waals surface area contributed by atoms with E-state index in [1.807, 2.05) is 0 Å². The quantitative estimate of drug-likeness (QED) is 0.611. The molecule has 0 saturated carbocycles. The summed E-state index contributed by atoms with van der Waals surface area (Å²) >= 11 is 0. The summed E-state index contributed by atoms with van der Waals surface area (Å²) < 4.78 is 0. The molecular weight excluding hydrogens is 272 g/mol. The molecule has 10 nitrogen and oxygen atoms in total. The van der Waals surface area contributed by atoms with Gasteiger partial charge in [0.25, 0.3) is 0 Å². The third kappa shape index (κ3) is 3.28. The molecule has 2 rings (SSSR count). The molecule has 20 heavy (non-hydrogen) atoms. The van der Waals surface area contributed by atoms with Crippen LogP contribution in [0.3, 0.4) is 0 Å². The highest BCUT2D eigenvalue weighted by Gasteiger charge is 2.30. The highest BCUT2D eigenvalue weighted by atomic mass is 16.8. The van der Waals surface area contributed by atoms with Gasteiger partial charge in [-0.3, -0.25) is 0 Å². The van der Waals surface area contributed by atoms with Crippen molar-refractivity contribution in [2.75, 3.05) is 26.2 Å². The molecule has 0 unspecified atom stereocenters. The lowest BCUT2D eigenvalue weighted by Crippen LogP contribution is -2.50. The van der Waals surface area contributed by atoms with E-state index in [0.29, 0.717) is 25.9 Å². The van der Waals surface area contributed by atoms with Crippen LogP contribution in [0.5, 0.6) is 0 Å². The standard InChI is InChI=1S/C10H14N4O6/c15-7(19-13-5-1-3-11-9(13)17)8(16)20-14-6-2-4-12-10(14)18/h1-6H2,(H,11,17)(H,12,18). The number of amides is 4. The van der Waals surface area contributed by atoms with Gasteiger partial charge in [-0.25, -0.2) is 19.2 Å². The Bertz CT molecular complexity index is 399. The van der Waals surface area contributed by atoms with Gasteiger partial charge in [0.05, 0.1) is 13.1 Å². The van der Waals surface area contributed by atoms with Crippen molar-refractivity contribution in [3.05, 3.63) is 0 Å². The third-order valence-electron chi connectivity index (χ3n) is 2.63. The highest BCUT2D eigenvalue weighted by molar-refractivity contribution is 6.29.